The molecule has 4 heterocycles. The van der Waals surface area contributed by atoms with Crippen molar-refractivity contribution in [1.29, 1.82) is 0 Å². The van der Waals surface area contributed by atoms with E-state index in [1.54, 1.807) is 6.20 Å². The van der Waals surface area contributed by atoms with Crippen LogP contribution < -0.4 is 0 Å². The SMILES string of the molecule is Cc1nnc(CN2C3CCC2CC(n2cc(Cl)cn2)C3)o1. The molecule has 0 aromatic carbocycles. The van der Waals surface area contributed by atoms with E-state index in [2.05, 4.69) is 20.2 Å². The molecule has 4 rings (SSSR count). The third-order valence-electron chi connectivity index (χ3n) is 4.69. The van der Waals surface area contributed by atoms with E-state index >= 15 is 0 Å². The predicted molar refractivity (Wildman–Crippen MR) is 76.9 cm³/mol. The summed E-state index contributed by atoms with van der Waals surface area (Å²) in [5, 5.41) is 13.1. The number of piperidine rings is 1. The quantitative estimate of drug-likeness (QED) is 0.872. The Morgan fingerprint density at radius 3 is 2.57 bits per heavy atom. The number of nitrogens with zero attached hydrogens (tertiary/aromatic N) is 5. The number of rotatable bonds is 3. The van der Waals surface area contributed by atoms with Gasteiger partial charge in [0, 0.05) is 25.2 Å². The van der Waals surface area contributed by atoms with Gasteiger partial charge in [-0.3, -0.25) is 9.58 Å². The first-order valence-corrected chi connectivity index (χ1v) is 7.81. The Balaban J connectivity index is 1.48. The highest BCUT2D eigenvalue weighted by atomic mass is 35.5. The summed E-state index contributed by atoms with van der Waals surface area (Å²) < 4.78 is 7.56. The molecular formula is C14H18ClN5O. The van der Waals surface area contributed by atoms with Crippen molar-refractivity contribution >= 4 is 11.6 Å². The van der Waals surface area contributed by atoms with Crippen LogP contribution in [-0.4, -0.2) is 37.0 Å². The zero-order valence-corrected chi connectivity index (χ0v) is 12.7. The first kappa shape index (κ1) is 13.3. The third kappa shape index (κ3) is 2.46. The molecule has 7 heteroatoms. The largest absolute Gasteiger partial charge is 0.424 e. The van der Waals surface area contributed by atoms with Crippen molar-refractivity contribution < 1.29 is 4.42 Å². The van der Waals surface area contributed by atoms with Crippen molar-refractivity contribution in [2.75, 3.05) is 0 Å². The van der Waals surface area contributed by atoms with Gasteiger partial charge in [-0.15, -0.1) is 10.2 Å². The molecular weight excluding hydrogens is 290 g/mol. The summed E-state index contributed by atoms with van der Waals surface area (Å²) in [7, 11) is 0. The molecule has 0 amide bonds. The normalized spacial score (nSPS) is 29.1. The molecule has 2 aromatic rings. The van der Waals surface area contributed by atoms with Gasteiger partial charge in [0.2, 0.25) is 11.8 Å². The van der Waals surface area contributed by atoms with Gasteiger partial charge in [0.25, 0.3) is 0 Å². The Morgan fingerprint density at radius 2 is 2.00 bits per heavy atom. The van der Waals surface area contributed by atoms with Crippen molar-refractivity contribution in [1.82, 2.24) is 24.9 Å². The van der Waals surface area contributed by atoms with Gasteiger partial charge in [-0.1, -0.05) is 11.6 Å². The molecule has 0 radical (unpaired) electrons. The zero-order valence-electron chi connectivity index (χ0n) is 11.9. The van der Waals surface area contributed by atoms with E-state index in [1.807, 2.05) is 17.8 Å². The molecule has 2 atom stereocenters. The maximum Gasteiger partial charge on any atom is 0.230 e. The van der Waals surface area contributed by atoms with E-state index in [0.717, 1.165) is 25.3 Å². The lowest BCUT2D eigenvalue weighted by Gasteiger charge is -2.38. The number of aryl methyl sites for hydroxylation is 1. The predicted octanol–water partition coefficient (Wildman–Crippen LogP) is 2.60. The minimum atomic E-state index is 0.454. The topological polar surface area (TPSA) is 60.0 Å². The van der Waals surface area contributed by atoms with Crippen LogP contribution in [0.25, 0.3) is 0 Å². The van der Waals surface area contributed by atoms with Gasteiger partial charge in [0.1, 0.15) is 0 Å². The fraction of sp³-hybridized carbons (Fsp3) is 0.643. The lowest BCUT2D eigenvalue weighted by Crippen LogP contribution is -2.43. The van der Waals surface area contributed by atoms with Crippen LogP contribution in [0.4, 0.5) is 0 Å². The number of fused-ring (bicyclic) bond motifs is 2. The second kappa shape index (κ2) is 5.10. The molecule has 2 fully saturated rings. The monoisotopic (exact) mass is 307 g/mol. The van der Waals surface area contributed by atoms with Crippen LogP contribution in [0.5, 0.6) is 0 Å². The first-order valence-electron chi connectivity index (χ1n) is 7.43. The van der Waals surface area contributed by atoms with Gasteiger partial charge in [-0.05, 0) is 25.7 Å². The fourth-order valence-corrected chi connectivity index (χ4v) is 3.94. The number of aromatic nitrogens is 4. The molecule has 2 saturated heterocycles. The minimum absolute atomic E-state index is 0.454. The van der Waals surface area contributed by atoms with E-state index in [1.165, 1.54) is 12.8 Å². The lowest BCUT2D eigenvalue weighted by atomic mass is 9.97. The summed E-state index contributed by atoms with van der Waals surface area (Å²) in [6.45, 7) is 2.60. The summed E-state index contributed by atoms with van der Waals surface area (Å²) in [5.41, 5.74) is 0. The van der Waals surface area contributed by atoms with Crippen molar-refractivity contribution in [2.45, 2.75) is 57.3 Å². The van der Waals surface area contributed by atoms with Crippen molar-refractivity contribution in [2.24, 2.45) is 0 Å². The Bertz CT molecular complexity index is 625. The Kier molecular flexibility index (Phi) is 3.23. The van der Waals surface area contributed by atoms with Gasteiger partial charge in [-0.2, -0.15) is 5.10 Å². The Labute approximate surface area is 128 Å². The van der Waals surface area contributed by atoms with E-state index in [-0.39, 0.29) is 0 Å². The molecule has 6 nitrogen and oxygen atoms in total. The van der Waals surface area contributed by atoms with Crippen molar-refractivity contribution in [3.05, 3.63) is 29.2 Å². The van der Waals surface area contributed by atoms with E-state index in [4.69, 9.17) is 16.0 Å². The van der Waals surface area contributed by atoms with Gasteiger partial charge in [0.15, 0.2) is 0 Å². The van der Waals surface area contributed by atoms with Crippen molar-refractivity contribution in [3.8, 4) is 0 Å². The van der Waals surface area contributed by atoms with Gasteiger partial charge < -0.3 is 4.42 Å². The summed E-state index contributed by atoms with van der Waals surface area (Å²) in [6.07, 6.45) is 8.36. The summed E-state index contributed by atoms with van der Waals surface area (Å²) in [4.78, 5) is 2.52. The maximum atomic E-state index is 5.98. The number of hydrogen-bond donors (Lipinski definition) is 0. The van der Waals surface area contributed by atoms with Crippen molar-refractivity contribution in [3.63, 3.8) is 0 Å². The second-order valence-electron chi connectivity index (χ2n) is 6.04. The van der Waals surface area contributed by atoms with Gasteiger partial charge in [-0.25, -0.2) is 0 Å². The van der Waals surface area contributed by atoms with Crippen LogP contribution in [0.3, 0.4) is 0 Å². The molecule has 21 heavy (non-hydrogen) atoms. The molecule has 2 bridgehead atoms. The Hall–Kier alpha value is -1.40. The zero-order chi connectivity index (χ0) is 14.4. The standard InChI is InChI=1S/C14H18ClN5O/c1-9-17-18-14(21-9)8-19-11-2-3-12(19)5-13(4-11)20-7-10(15)6-16-20/h6-7,11-13H,2-5,8H2,1H3. The van der Waals surface area contributed by atoms with Crippen LogP contribution >= 0.6 is 11.6 Å². The van der Waals surface area contributed by atoms with Gasteiger partial charge >= 0.3 is 0 Å². The summed E-state index contributed by atoms with van der Waals surface area (Å²) in [5.74, 6) is 1.36. The summed E-state index contributed by atoms with van der Waals surface area (Å²) in [6, 6.07) is 1.60. The fourth-order valence-electron chi connectivity index (χ4n) is 3.79. The maximum absolute atomic E-state index is 5.98. The van der Waals surface area contributed by atoms with Crippen LogP contribution in [0.2, 0.25) is 5.02 Å². The van der Waals surface area contributed by atoms with Crippen LogP contribution in [-0.2, 0) is 6.54 Å². The molecule has 2 aliphatic heterocycles. The van der Waals surface area contributed by atoms with Crippen LogP contribution in [0.1, 0.15) is 43.5 Å². The average molecular weight is 308 g/mol. The number of halogens is 1. The lowest BCUT2D eigenvalue weighted by molar-refractivity contribution is 0.0858. The highest BCUT2D eigenvalue weighted by Crippen LogP contribution is 2.41. The average Bonchev–Trinajstić information content (AvgIpc) is 3.11. The molecule has 0 saturated carbocycles. The molecule has 2 unspecified atom stereocenters. The third-order valence-corrected chi connectivity index (χ3v) is 4.88. The molecule has 0 aliphatic carbocycles. The first-order chi connectivity index (χ1) is 10.2. The smallest absolute Gasteiger partial charge is 0.230 e. The summed E-state index contributed by atoms with van der Waals surface area (Å²) >= 11 is 5.98. The molecule has 0 N–H and O–H groups in total. The minimum Gasteiger partial charge on any atom is -0.424 e. The highest BCUT2D eigenvalue weighted by Gasteiger charge is 2.42. The Morgan fingerprint density at radius 1 is 1.24 bits per heavy atom. The molecule has 112 valence electrons. The highest BCUT2D eigenvalue weighted by molar-refractivity contribution is 6.30. The van der Waals surface area contributed by atoms with E-state index < -0.39 is 0 Å². The van der Waals surface area contributed by atoms with E-state index in [9.17, 15) is 0 Å². The van der Waals surface area contributed by atoms with Crippen LogP contribution in [0.15, 0.2) is 16.8 Å². The van der Waals surface area contributed by atoms with Crippen LogP contribution in [0, 0.1) is 6.92 Å². The second-order valence-corrected chi connectivity index (χ2v) is 6.47. The molecule has 0 spiro atoms. The number of hydrogen-bond acceptors (Lipinski definition) is 5. The van der Waals surface area contributed by atoms with E-state index in [0.29, 0.717) is 29.0 Å². The molecule has 2 aliphatic rings. The van der Waals surface area contributed by atoms with Gasteiger partial charge in [0.05, 0.1) is 23.8 Å². The molecule has 2 aromatic heterocycles.